The summed E-state index contributed by atoms with van der Waals surface area (Å²) in [4.78, 5) is 0. The summed E-state index contributed by atoms with van der Waals surface area (Å²) in [5.74, 6) is 5.78. The zero-order chi connectivity index (χ0) is 15.5. The Morgan fingerprint density at radius 3 is 2.55 bits per heavy atom. The Hall–Kier alpha value is -0.510. The standard InChI is InChI=1S/C21H31F/c1-4-16-19(22)13-18-15-9-8-14-7-5-6-11-20(14,2)17(15)10-12-21(16,18)3/h1,14-19H,5-13H2,2-3H3/t14-,15-,16+,17+,18+,19-,20+,21-/m1/s1. The van der Waals surface area contributed by atoms with Crippen LogP contribution in [-0.2, 0) is 0 Å². The number of hydrogen-bond acceptors (Lipinski definition) is 0. The van der Waals surface area contributed by atoms with Crippen LogP contribution >= 0.6 is 0 Å². The van der Waals surface area contributed by atoms with Crippen molar-refractivity contribution in [3.8, 4) is 12.3 Å². The summed E-state index contributed by atoms with van der Waals surface area (Å²) >= 11 is 0. The molecule has 0 unspecified atom stereocenters. The Morgan fingerprint density at radius 2 is 1.77 bits per heavy atom. The van der Waals surface area contributed by atoms with E-state index in [1.54, 1.807) is 0 Å². The number of fused-ring (bicyclic) bond motifs is 5. The van der Waals surface area contributed by atoms with Gasteiger partial charge in [0.05, 0.1) is 5.92 Å². The van der Waals surface area contributed by atoms with E-state index in [0.717, 1.165) is 30.6 Å². The molecule has 0 bridgehead atoms. The molecule has 0 aromatic carbocycles. The van der Waals surface area contributed by atoms with Gasteiger partial charge in [0.25, 0.3) is 0 Å². The molecule has 0 saturated heterocycles. The van der Waals surface area contributed by atoms with E-state index in [2.05, 4.69) is 19.8 Å². The Bertz CT molecular complexity index is 491. The molecule has 4 fully saturated rings. The first-order valence-electron chi connectivity index (χ1n) is 9.61. The van der Waals surface area contributed by atoms with E-state index in [4.69, 9.17) is 6.42 Å². The van der Waals surface area contributed by atoms with Crippen LogP contribution in [-0.4, -0.2) is 6.17 Å². The number of halogens is 1. The molecule has 0 heterocycles. The highest BCUT2D eigenvalue weighted by Crippen LogP contribution is 2.67. The van der Waals surface area contributed by atoms with Crippen molar-refractivity contribution >= 4 is 0 Å². The predicted octanol–water partition coefficient (Wildman–Crippen LogP) is 5.62. The summed E-state index contributed by atoms with van der Waals surface area (Å²) in [5, 5.41) is 0. The van der Waals surface area contributed by atoms with Crippen LogP contribution in [0.4, 0.5) is 4.39 Å². The van der Waals surface area contributed by atoms with Gasteiger partial charge in [-0.05, 0) is 79.4 Å². The Labute approximate surface area is 135 Å². The van der Waals surface area contributed by atoms with Gasteiger partial charge >= 0.3 is 0 Å². The lowest BCUT2D eigenvalue weighted by atomic mass is 9.45. The molecule has 4 aliphatic carbocycles. The maximum Gasteiger partial charge on any atom is 0.115 e. The molecule has 8 atom stereocenters. The zero-order valence-corrected chi connectivity index (χ0v) is 14.3. The first-order chi connectivity index (χ1) is 10.5. The van der Waals surface area contributed by atoms with E-state index < -0.39 is 6.17 Å². The highest BCUT2D eigenvalue weighted by Gasteiger charge is 2.61. The molecular formula is C21H31F. The third-order valence-electron chi connectivity index (χ3n) is 8.75. The van der Waals surface area contributed by atoms with E-state index in [0.29, 0.717) is 11.3 Å². The van der Waals surface area contributed by atoms with Crippen molar-refractivity contribution in [2.75, 3.05) is 0 Å². The third kappa shape index (κ3) is 1.82. The van der Waals surface area contributed by atoms with Crippen LogP contribution in [0.1, 0.15) is 71.6 Å². The summed E-state index contributed by atoms with van der Waals surface area (Å²) < 4.78 is 14.6. The van der Waals surface area contributed by atoms with Gasteiger partial charge in [0.15, 0.2) is 0 Å². The second-order valence-corrected chi connectivity index (χ2v) is 9.34. The highest BCUT2D eigenvalue weighted by atomic mass is 19.1. The molecule has 122 valence electrons. The lowest BCUT2D eigenvalue weighted by Gasteiger charge is -2.60. The van der Waals surface area contributed by atoms with Crippen molar-refractivity contribution in [1.29, 1.82) is 0 Å². The van der Waals surface area contributed by atoms with Crippen molar-refractivity contribution in [3.05, 3.63) is 0 Å². The minimum atomic E-state index is -0.754. The smallest absolute Gasteiger partial charge is 0.115 e. The molecular weight excluding hydrogens is 271 g/mol. The minimum Gasteiger partial charge on any atom is -0.246 e. The van der Waals surface area contributed by atoms with Gasteiger partial charge in [-0.15, -0.1) is 6.42 Å². The Morgan fingerprint density at radius 1 is 0.955 bits per heavy atom. The van der Waals surface area contributed by atoms with E-state index in [9.17, 15) is 4.39 Å². The molecule has 4 rings (SSSR count). The van der Waals surface area contributed by atoms with Crippen LogP contribution in [0.5, 0.6) is 0 Å². The highest BCUT2D eigenvalue weighted by molar-refractivity contribution is 5.17. The maximum atomic E-state index is 14.6. The van der Waals surface area contributed by atoms with Crippen LogP contribution in [0.3, 0.4) is 0 Å². The molecule has 0 aromatic rings. The van der Waals surface area contributed by atoms with E-state index in [-0.39, 0.29) is 11.3 Å². The molecule has 0 amide bonds. The third-order valence-corrected chi connectivity index (χ3v) is 8.75. The van der Waals surface area contributed by atoms with Crippen LogP contribution in [0, 0.1) is 52.8 Å². The normalized spacial score (nSPS) is 57.4. The molecule has 0 aromatic heterocycles. The van der Waals surface area contributed by atoms with E-state index in [1.165, 1.54) is 44.9 Å². The van der Waals surface area contributed by atoms with Gasteiger partial charge < -0.3 is 0 Å². The van der Waals surface area contributed by atoms with Gasteiger partial charge in [-0.2, -0.15) is 0 Å². The molecule has 0 radical (unpaired) electrons. The first kappa shape index (κ1) is 15.0. The van der Waals surface area contributed by atoms with Gasteiger partial charge in [0, 0.05) is 0 Å². The van der Waals surface area contributed by atoms with Crippen molar-refractivity contribution in [1.82, 2.24) is 0 Å². The fraction of sp³-hybridized carbons (Fsp3) is 0.905. The summed E-state index contributed by atoms with van der Waals surface area (Å²) in [6, 6.07) is 0. The molecule has 1 heteroatoms. The quantitative estimate of drug-likeness (QED) is 0.510. The topological polar surface area (TPSA) is 0 Å². The minimum absolute atomic E-state index is 0.0766. The van der Waals surface area contributed by atoms with Crippen LogP contribution in [0.15, 0.2) is 0 Å². The van der Waals surface area contributed by atoms with Crippen LogP contribution in [0.2, 0.25) is 0 Å². The number of rotatable bonds is 0. The number of terminal acetylenes is 1. The number of alkyl halides is 1. The van der Waals surface area contributed by atoms with Gasteiger partial charge in [-0.25, -0.2) is 4.39 Å². The van der Waals surface area contributed by atoms with Crippen molar-refractivity contribution in [2.45, 2.75) is 77.8 Å². The maximum absolute atomic E-state index is 14.6. The van der Waals surface area contributed by atoms with Crippen molar-refractivity contribution in [3.63, 3.8) is 0 Å². The van der Waals surface area contributed by atoms with E-state index >= 15 is 0 Å². The van der Waals surface area contributed by atoms with Gasteiger partial charge in [0.1, 0.15) is 6.17 Å². The van der Waals surface area contributed by atoms with Gasteiger partial charge in [0.2, 0.25) is 0 Å². The predicted molar refractivity (Wildman–Crippen MR) is 88.9 cm³/mol. The number of hydrogen-bond donors (Lipinski definition) is 0. The summed E-state index contributed by atoms with van der Waals surface area (Å²) in [7, 11) is 0. The zero-order valence-electron chi connectivity index (χ0n) is 14.3. The lowest BCUT2D eigenvalue weighted by molar-refractivity contribution is -0.107. The lowest BCUT2D eigenvalue weighted by Crippen LogP contribution is -2.52. The summed E-state index contributed by atoms with van der Waals surface area (Å²) in [6.45, 7) is 4.89. The second-order valence-electron chi connectivity index (χ2n) is 9.34. The molecule has 0 nitrogen and oxygen atoms in total. The second kappa shape index (κ2) is 4.99. The fourth-order valence-corrected chi connectivity index (χ4v) is 7.56. The Balaban J connectivity index is 1.66. The van der Waals surface area contributed by atoms with Gasteiger partial charge in [-0.3, -0.25) is 0 Å². The molecule has 0 N–H and O–H groups in total. The van der Waals surface area contributed by atoms with Crippen LogP contribution in [0.25, 0.3) is 0 Å². The van der Waals surface area contributed by atoms with Crippen molar-refractivity contribution in [2.24, 2.45) is 40.4 Å². The van der Waals surface area contributed by atoms with Gasteiger partial charge in [-0.1, -0.05) is 32.6 Å². The molecule has 0 aliphatic heterocycles. The molecule has 4 aliphatic rings. The SMILES string of the molecule is C#C[C@H]1[C@H](F)C[C@H]2[C@@H]3CC[C@H]4CCCC[C@]4(C)[C@H]3CC[C@]12C. The average molecular weight is 302 g/mol. The molecule has 22 heavy (non-hydrogen) atoms. The fourth-order valence-electron chi connectivity index (χ4n) is 7.56. The average Bonchev–Trinajstić information content (AvgIpc) is 2.76. The van der Waals surface area contributed by atoms with Crippen molar-refractivity contribution < 1.29 is 4.39 Å². The monoisotopic (exact) mass is 302 g/mol. The summed E-state index contributed by atoms with van der Waals surface area (Å²) in [6.07, 6.45) is 16.6. The molecule has 4 saturated carbocycles. The largest absolute Gasteiger partial charge is 0.246 e. The Kier molecular flexibility index (Phi) is 3.41. The molecule has 0 spiro atoms. The summed E-state index contributed by atoms with van der Waals surface area (Å²) in [5.41, 5.74) is 0.621. The van der Waals surface area contributed by atoms with E-state index in [1.807, 2.05) is 0 Å². The first-order valence-corrected chi connectivity index (χ1v) is 9.61. The van der Waals surface area contributed by atoms with Crippen LogP contribution < -0.4 is 0 Å².